The second-order valence-electron chi connectivity index (χ2n) is 7.65. The largest absolute Gasteiger partial charge is 0.439 e. The number of aromatic nitrogens is 2. The number of benzene rings is 2. The Morgan fingerprint density at radius 2 is 1.71 bits per heavy atom. The molecule has 1 fully saturated rings. The Hall–Kier alpha value is -3.03. The van der Waals surface area contributed by atoms with Gasteiger partial charge in [0, 0.05) is 36.9 Å². The number of hydrogen-bond acceptors (Lipinski definition) is 5. The Kier molecular flexibility index (Phi) is 6.74. The highest BCUT2D eigenvalue weighted by molar-refractivity contribution is 7.80. The van der Waals surface area contributed by atoms with Gasteiger partial charge in [0.1, 0.15) is 5.75 Å². The zero-order valence-electron chi connectivity index (χ0n) is 17.5. The van der Waals surface area contributed by atoms with Gasteiger partial charge in [-0.25, -0.2) is 4.98 Å². The van der Waals surface area contributed by atoms with Crippen molar-refractivity contribution in [3.05, 3.63) is 78.0 Å². The number of para-hydroxylation sites is 1. The van der Waals surface area contributed by atoms with E-state index in [4.69, 9.17) is 21.7 Å². The van der Waals surface area contributed by atoms with Crippen molar-refractivity contribution >= 4 is 23.3 Å². The van der Waals surface area contributed by atoms with Crippen molar-refractivity contribution in [1.82, 2.24) is 15.3 Å². The minimum Gasteiger partial charge on any atom is -0.439 e. The molecule has 0 unspecified atom stereocenters. The minimum absolute atomic E-state index is 0.0136. The molecule has 2 aromatic carbocycles. The number of rotatable bonds is 6. The molecule has 4 rings (SSSR count). The first-order valence-corrected chi connectivity index (χ1v) is 10.8. The summed E-state index contributed by atoms with van der Waals surface area (Å²) in [7, 11) is 0. The molecule has 0 radical (unpaired) electrons. The smallest absolute Gasteiger partial charge is 0.232 e. The van der Waals surface area contributed by atoms with Crippen molar-refractivity contribution in [3.63, 3.8) is 0 Å². The van der Waals surface area contributed by atoms with Crippen molar-refractivity contribution in [2.24, 2.45) is 0 Å². The van der Waals surface area contributed by atoms with Crippen LogP contribution in [0.25, 0.3) is 0 Å². The maximum Gasteiger partial charge on any atom is 0.232 e. The fraction of sp³-hybridized carbons (Fsp3) is 0.292. The normalized spacial score (nSPS) is 15.1. The number of thiocarbonyl (C=S) groups is 1. The van der Waals surface area contributed by atoms with Gasteiger partial charge in [-0.15, -0.1) is 0 Å². The fourth-order valence-corrected chi connectivity index (χ4v) is 3.94. The summed E-state index contributed by atoms with van der Waals surface area (Å²) in [5.74, 6) is 1.59. The van der Waals surface area contributed by atoms with Crippen LogP contribution in [0.15, 0.2) is 66.7 Å². The Balaban J connectivity index is 1.42. The van der Waals surface area contributed by atoms with E-state index in [-0.39, 0.29) is 5.41 Å². The first-order chi connectivity index (χ1) is 15.1. The van der Waals surface area contributed by atoms with E-state index in [9.17, 15) is 0 Å². The summed E-state index contributed by atoms with van der Waals surface area (Å²) >= 11 is 5.55. The number of aryl methyl sites for hydroxylation is 1. The average molecular weight is 435 g/mol. The van der Waals surface area contributed by atoms with E-state index in [1.807, 2.05) is 43.3 Å². The molecule has 1 aromatic heterocycles. The van der Waals surface area contributed by atoms with E-state index < -0.39 is 0 Å². The molecule has 1 saturated heterocycles. The van der Waals surface area contributed by atoms with Gasteiger partial charge in [-0.3, -0.25) is 0 Å². The lowest BCUT2D eigenvalue weighted by atomic mass is 9.74. The van der Waals surface area contributed by atoms with Gasteiger partial charge in [0.2, 0.25) is 11.8 Å². The third-order valence-corrected chi connectivity index (χ3v) is 5.69. The van der Waals surface area contributed by atoms with Gasteiger partial charge in [-0.1, -0.05) is 48.5 Å². The van der Waals surface area contributed by atoms with Gasteiger partial charge in [-0.2, -0.15) is 4.98 Å². The second kappa shape index (κ2) is 9.85. The molecule has 0 atom stereocenters. The van der Waals surface area contributed by atoms with Crippen LogP contribution < -0.4 is 15.4 Å². The predicted molar refractivity (Wildman–Crippen MR) is 126 cm³/mol. The van der Waals surface area contributed by atoms with Gasteiger partial charge in [0.05, 0.1) is 0 Å². The lowest BCUT2D eigenvalue weighted by molar-refractivity contribution is 0.0515. The van der Waals surface area contributed by atoms with Crippen molar-refractivity contribution in [3.8, 4) is 11.6 Å². The minimum atomic E-state index is -0.0136. The first-order valence-electron chi connectivity index (χ1n) is 10.4. The highest BCUT2D eigenvalue weighted by atomic mass is 32.1. The van der Waals surface area contributed by atoms with Gasteiger partial charge in [-0.05, 0) is 49.7 Å². The Morgan fingerprint density at radius 3 is 2.42 bits per heavy atom. The molecule has 0 aliphatic carbocycles. The molecule has 2 N–H and O–H groups in total. The van der Waals surface area contributed by atoms with Gasteiger partial charge in [0.25, 0.3) is 0 Å². The summed E-state index contributed by atoms with van der Waals surface area (Å²) in [6.07, 6.45) is 1.89. The number of nitrogens with one attached hydrogen (secondary N) is 2. The van der Waals surface area contributed by atoms with Crippen molar-refractivity contribution in [1.29, 1.82) is 0 Å². The number of anilines is 1. The SMILES string of the molecule is Cc1cc(Oc2ccccc2)nc(NC(=S)NCC2(c3ccccc3)CCOCC2)n1. The molecule has 3 aromatic rings. The molecular formula is C24H26N4O2S. The monoisotopic (exact) mass is 434 g/mol. The molecule has 0 amide bonds. The molecule has 1 aliphatic heterocycles. The van der Waals surface area contributed by atoms with E-state index in [1.165, 1.54) is 5.56 Å². The molecule has 0 spiro atoms. The van der Waals surface area contributed by atoms with Crippen LogP contribution in [0.2, 0.25) is 0 Å². The van der Waals surface area contributed by atoms with Gasteiger partial charge >= 0.3 is 0 Å². The lowest BCUT2D eigenvalue weighted by Gasteiger charge is -2.38. The number of hydrogen-bond donors (Lipinski definition) is 2. The van der Waals surface area contributed by atoms with Crippen molar-refractivity contribution < 1.29 is 9.47 Å². The Bertz CT molecular complexity index is 1010. The topological polar surface area (TPSA) is 68.3 Å². The predicted octanol–water partition coefficient (Wildman–Crippen LogP) is 4.61. The van der Waals surface area contributed by atoms with Crippen LogP contribution in [-0.2, 0) is 10.2 Å². The van der Waals surface area contributed by atoms with E-state index in [0.29, 0.717) is 23.5 Å². The Morgan fingerprint density at radius 1 is 1.03 bits per heavy atom. The zero-order chi connectivity index (χ0) is 21.5. The van der Waals surface area contributed by atoms with Crippen LogP contribution in [0, 0.1) is 6.92 Å². The van der Waals surface area contributed by atoms with Crippen LogP contribution in [0.1, 0.15) is 24.1 Å². The fourth-order valence-electron chi connectivity index (χ4n) is 3.77. The van der Waals surface area contributed by atoms with E-state index >= 15 is 0 Å². The molecule has 31 heavy (non-hydrogen) atoms. The third-order valence-electron chi connectivity index (χ3n) is 5.45. The van der Waals surface area contributed by atoms with Crippen molar-refractivity contribution in [2.45, 2.75) is 25.2 Å². The summed E-state index contributed by atoms with van der Waals surface area (Å²) in [5.41, 5.74) is 2.08. The molecule has 160 valence electrons. The second-order valence-corrected chi connectivity index (χ2v) is 8.06. The van der Waals surface area contributed by atoms with Crippen LogP contribution in [-0.4, -0.2) is 34.8 Å². The van der Waals surface area contributed by atoms with Crippen LogP contribution in [0.5, 0.6) is 11.6 Å². The quantitative estimate of drug-likeness (QED) is 0.549. The summed E-state index contributed by atoms with van der Waals surface area (Å²) in [6, 6.07) is 21.9. The van der Waals surface area contributed by atoms with Crippen LogP contribution in [0.3, 0.4) is 0 Å². The van der Waals surface area contributed by atoms with Gasteiger partial charge in [0.15, 0.2) is 5.11 Å². The Labute approximate surface area is 188 Å². The maximum atomic E-state index is 5.84. The summed E-state index contributed by atoms with van der Waals surface area (Å²) in [6.45, 7) is 4.11. The average Bonchev–Trinajstić information content (AvgIpc) is 2.79. The maximum absolute atomic E-state index is 5.84. The number of nitrogens with zero attached hydrogens (tertiary/aromatic N) is 2. The lowest BCUT2D eigenvalue weighted by Crippen LogP contribution is -2.45. The first kappa shape index (κ1) is 21.2. The summed E-state index contributed by atoms with van der Waals surface area (Å²) in [4.78, 5) is 8.88. The summed E-state index contributed by atoms with van der Waals surface area (Å²) in [5, 5.41) is 6.96. The molecule has 2 heterocycles. The third kappa shape index (κ3) is 5.57. The van der Waals surface area contributed by atoms with E-state index in [1.54, 1.807) is 6.07 Å². The molecule has 7 heteroatoms. The van der Waals surface area contributed by atoms with Gasteiger partial charge < -0.3 is 20.1 Å². The highest BCUT2D eigenvalue weighted by Gasteiger charge is 2.34. The zero-order valence-corrected chi connectivity index (χ0v) is 18.3. The summed E-state index contributed by atoms with van der Waals surface area (Å²) < 4.78 is 11.5. The van der Waals surface area contributed by atoms with Crippen LogP contribution >= 0.6 is 12.2 Å². The van der Waals surface area contributed by atoms with Crippen LogP contribution in [0.4, 0.5) is 5.95 Å². The van der Waals surface area contributed by atoms with E-state index in [0.717, 1.165) is 37.5 Å². The van der Waals surface area contributed by atoms with Crippen molar-refractivity contribution in [2.75, 3.05) is 25.1 Å². The van der Waals surface area contributed by atoms with E-state index in [2.05, 4.69) is 44.9 Å². The highest BCUT2D eigenvalue weighted by Crippen LogP contribution is 2.34. The molecule has 0 bridgehead atoms. The molecule has 0 saturated carbocycles. The molecule has 6 nitrogen and oxygen atoms in total. The standard InChI is InChI=1S/C24H26N4O2S/c1-18-16-21(30-20-10-6-3-7-11-20)27-22(26-18)28-23(31)25-17-24(12-14-29-15-13-24)19-8-4-2-5-9-19/h2-11,16H,12-15,17H2,1H3,(H2,25,26,27,28,31). The number of ether oxygens (including phenoxy) is 2. The molecule has 1 aliphatic rings. The molecular weight excluding hydrogens is 408 g/mol.